The Balaban J connectivity index is 2.70. The topological polar surface area (TPSA) is 49.3 Å². The second kappa shape index (κ2) is 5.77. The number of halogens is 1. The maximum absolute atomic E-state index is 13.5. The van der Waals surface area contributed by atoms with Crippen molar-refractivity contribution in [3.05, 3.63) is 35.6 Å². The van der Waals surface area contributed by atoms with Gasteiger partial charge in [-0.2, -0.15) is 0 Å². The Hall–Kier alpha value is -1.42. The van der Waals surface area contributed by atoms with E-state index in [1.54, 1.807) is 32.0 Å². The third kappa shape index (κ3) is 3.53. The van der Waals surface area contributed by atoms with Gasteiger partial charge in [-0.3, -0.25) is 4.79 Å². The second-order valence-corrected chi connectivity index (χ2v) is 4.33. The van der Waals surface area contributed by atoms with Gasteiger partial charge in [0.05, 0.1) is 5.92 Å². The van der Waals surface area contributed by atoms with E-state index < -0.39 is 11.9 Å². The summed E-state index contributed by atoms with van der Waals surface area (Å²) in [5.74, 6) is -1.64. The predicted octanol–water partition coefficient (Wildman–Crippen LogP) is 2.59. The molecule has 0 heterocycles. The molecule has 3 unspecified atom stereocenters. The molecule has 3 atom stereocenters. The first kappa shape index (κ1) is 13.6. The quantitative estimate of drug-likeness (QED) is 0.830. The zero-order valence-corrected chi connectivity index (χ0v) is 10.3. The molecular formula is C13H18FNO2. The molecule has 0 radical (unpaired) electrons. The fourth-order valence-corrected chi connectivity index (χ4v) is 1.67. The van der Waals surface area contributed by atoms with Gasteiger partial charge in [0.15, 0.2) is 0 Å². The molecule has 0 saturated heterocycles. The van der Waals surface area contributed by atoms with Crippen molar-refractivity contribution in [1.82, 2.24) is 5.32 Å². The van der Waals surface area contributed by atoms with Gasteiger partial charge in [0, 0.05) is 17.6 Å². The smallest absolute Gasteiger partial charge is 0.307 e. The van der Waals surface area contributed by atoms with E-state index >= 15 is 0 Å². The highest BCUT2D eigenvalue weighted by Gasteiger charge is 2.21. The van der Waals surface area contributed by atoms with E-state index in [0.717, 1.165) is 0 Å². The molecule has 1 rings (SSSR count). The summed E-state index contributed by atoms with van der Waals surface area (Å²) >= 11 is 0. The molecule has 0 fully saturated rings. The summed E-state index contributed by atoms with van der Waals surface area (Å²) in [6, 6.07) is 6.07. The number of hydrogen-bond acceptors (Lipinski definition) is 2. The van der Waals surface area contributed by atoms with Gasteiger partial charge in [-0.25, -0.2) is 4.39 Å². The number of rotatable bonds is 5. The van der Waals surface area contributed by atoms with Gasteiger partial charge in [-0.15, -0.1) is 0 Å². The molecule has 0 aliphatic carbocycles. The molecule has 0 aliphatic rings. The Morgan fingerprint density at radius 3 is 2.41 bits per heavy atom. The van der Waals surface area contributed by atoms with Crippen LogP contribution in [-0.2, 0) is 4.79 Å². The van der Waals surface area contributed by atoms with Crippen LogP contribution in [0.2, 0.25) is 0 Å². The van der Waals surface area contributed by atoms with Gasteiger partial charge in [0.2, 0.25) is 0 Å². The average molecular weight is 239 g/mol. The molecule has 0 aliphatic heterocycles. The normalized spacial score (nSPS) is 16.2. The summed E-state index contributed by atoms with van der Waals surface area (Å²) < 4.78 is 13.5. The van der Waals surface area contributed by atoms with Crippen LogP contribution in [0.15, 0.2) is 24.3 Å². The van der Waals surface area contributed by atoms with Crippen LogP contribution in [0, 0.1) is 11.7 Å². The molecular weight excluding hydrogens is 221 g/mol. The Morgan fingerprint density at radius 2 is 1.88 bits per heavy atom. The Labute approximate surface area is 101 Å². The number of aliphatic carboxylic acids is 1. The fraction of sp³-hybridized carbons (Fsp3) is 0.462. The minimum Gasteiger partial charge on any atom is -0.481 e. The van der Waals surface area contributed by atoms with Crippen LogP contribution < -0.4 is 5.32 Å². The van der Waals surface area contributed by atoms with E-state index in [1.165, 1.54) is 6.07 Å². The maximum Gasteiger partial charge on any atom is 0.307 e. The number of carbonyl (C=O) groups is 1. The van der Waals surface area contributed by atoms with E-state index in [9.17, 15) is 9.18 Å². The largest absolute Gasteiger partial charge is 0.481 e. The minimum atomic E-state index is -0.856. The van der Waals surface area contributed by atoms with Crippen LogP contribution in [0.25, 0.3) is 0 Å². The van der Waals surface area contributed by atoms with Crippen molar-refractivity contribution in [3.63, 3.8) is 0 Å². The third-order valence-electron chi connectivity index (χ3n) is 3.02. The molecule has 94 valence electrons. The SMILES string of the molecule is CC(NC(C)C(C)C(=O)O)c1ccccc1F. The standard InChI is InChI=1S/C13H18FNO2/c1-8(13(16)17)9(2)15-10(3)11-6-4-5-7-12(11)14/h4-10,15H,1-3H3,(H,16,17). The number of hydrogen-bond donors (Lipinski definition) is 2. The lowest BCUT2D eigenvalue weighted by molar-refractivity contribution is -0.142. The van der Waals surface area contributed by atoms with Crippen molar-refractivity contribution >= 4 is 5.97 Å². The van der Waals surface area contributed by atoms with Gasteiger partial charge in [0.25, 0.3) is 0 Å². The monoisotopic (exact) mass is 239 g/mol. The lowest BCUT2D eigenvalue weighted by atomic mass is 10.0. The van der Waals surface area contributed by atoms with Gasteiger partial charge >= 0.3 is 5.97 Å². The van der Waals surface area contributed by atoms with Gasteiger partial charge < -0.3 is 10.4 Å². The van der Waals surface area contributed by atoms with Crippen molar-refractivity contribution in [2.24, 2.45) is 5.92 Å². The Bertz CT molecular complexity index is 395. The first-order chi connectivity index (χ1) is 7.93. The molecule has 4 heteroatoms. The van der Waals surface area contributed by atoms with E-state index in [1.807, 2.05) is 6.92 Å². The highest BCUT2D eigenvalue weighted by Crippen LogP contribution is 2.18. The summed E-state index contributed by atoms with van der Waals surface area (Å²) in [6.45, 7) is 5.24. The van der Waals surface area contributed by atoms with Crippen LogP contribution in [-0.4, -0.2) is 17.1 Å². The molecule has 1 aromatic carbocycles. The van der Waals surface area contributed by atoms with Crippen LogP contribution in [0.4, 0.5) is 4.39 Å². The lowest BCUT2D eigenvalue weighted by Crippen LogP contribution is -2.37. The van der Waals surface area contributed by atoms with Crippen molar-refractivity contribution in [2.75, 3.05) is 0 Å². The highest BCUT2D eigenvalue weighted by molar-refractivity contribution is 5.70. The third-order valence-corrected chi connectivity index (χ3v) is 3.02. The Morgan fingerprint density at radius 1 is 1.29 bits per heavy atom. The molecule has 0 saturated carbocycles. The van der Waals surface area contributed by atoms with E-state index in [-0.39, 0.29) is 17.9 Å². The highest BCUT2D eigenvalue weighted by atomic mass is 19.1. The zero-order chi connectivity index (χ0) is 13.0. The predicted molar refractivity (Wildman–Crippen MR) is 64.2 cm³/mol. The van der Waals surface area contributed by atoms with Crippen molar-refractivity contribution in [2.45, 2.75) is 32.9 Å². The lowest BCUT2D eigenvalue weighted by Gasteiger charge is -2.23. The summed E-state index contributed by atoms with van der Waals surface area (Å²) in [7, 11) is 0. The minimum absolute atomic E-state index is 0.215. The van der Waals surface area contributed by atoms with Crippen molar-refractivity contribution in [3.8, 4) is 0 Å². The molecule has 0 aromatic heterocycles. The van der Waals surface area contributed by atoms with E-state index in [4.69, 9.17) is 5.11 Å². The maximum atomic E-state index is 13.5. The van der Waals surface area contributed by atoms with E-state index in [2.05, 4.69) is 5.32 Å². The summed E-state index contributed by atoms with van der Waals surface area (Å²) in [5, 5.41) is 12.0. The number of benzene rings is 1. The molecule has 1 aromatic rings. The van der Waals surface area contributed by atoms with E-state index in [0.29, 0.717) is 5.56 Å². The van der Waals surface area contributed by atoms with Gasteiger partial charge in [0.1, 0.15) is 5.82 Å². The van der Waals surface area contributed by atoms with Gasteiger partial charge in [-0.1, -0.05) is 25.1 Å². The van der Waals surface area contributed by atoms with Crippen molar-refractivity contribution < 1.29 is 14.3 Å². The number of carboxylic acids is 1. The average Bonchev–Trinajstić information content (AvgIpc) is 2.28. The molecule has 0 bridgehead atoms. The first-order valence-electron chi connectivity index (χ1n) is 5.66. The number of nitrogens with one attached hydrogen (secondary N) is 1. The zero-order valence-electron chi connectivity index (χ0n) is 10.3. The van der Waals surface area contributed by atoms with Crippen molar-refractivity contribution in [1.29, 1.82) is 0 Å². The van der Waals surface area contributed by atoms with Crippen LogP contribution in [0.3, 0.4) is 0 Å². The van der Waals surface area contributed by atoms with Crippen LogP contribution >= 0.6 is 0 Å². The second-order valence-electron chi connectivity index (χ2n) is 4.33. The van der Waals surface area contributed by atoms with Crippen LogP contribution in [0.1, 0.15) is 32.4 Å². The van der Waals surface area contributed by atoms with Gasteiger partial charge in [-0.05, 0) is 19.9 Å². The summed E-state index contributed by atoms with van der Waals surface area (Å²) in [4.78, 5) is 10.8. The molecule has 0 spiro atoms. The molecule has 3 nitrogen and oxygen atoms in total. The molecule has 17 heavy (non-hydrogen) atoms. The summed E-state index contributed by atoms with van der Waals surface area (Å²) in [6.07, 6.45) is 0. The Kier molecular flexibility index (Phi) is 4.63. The first-order valence-corrected chi connectivity index (χ1v) is 5.66. The molecule has 2 N–H and O–H groups in total. The fourth-order valence-electron chi connectivity index (χ4n) is 1.67. The summed E-state index contributed by atoms with van der Waals surface area (Å²) in [5.41, 5.74) is 0.553. The van der Waals surface area contributed by atoms with Crippen LogP contribution in [0.5, 0.6) is 0 Å². The molecule has 0 amide bonds. The number of carboxylic acid groups (broad SMARTS) is 1.